The number of aromatic nitrogens is 6. The number of amides is 1. The van der Waals surface area contributed by atoms with Gasteiger partial charge in [0.25, 0.3) is 0 Å². The largest absolute Gasteiger partial charge is 0.294 e. The number of aryl methyl sites for hydroxylation is 2. The number of carbonyl (C=O) groups is 2. The smallest absolute Gasteiger partial charge is 0.237 e. The van der Waals surface area contributed by atoms with Crippen LogP contribution in [0.4, 0.5) is 5.95 Å². The van der Waals surface area contributed by atoms with E-state index in [1.165, 1.54) is 22.6 Å². The maximum atomic E-state index is 11.9. The van der Waals surface area contributed by atoms with E-state index in [0.29, 0.717) is 22.8 Å². The zero-order valence-corrected chi connectivity index (χ0v) is 12.6. The molecule has 1 amide bonds. The Balaban J connectivity index is 1.62. The fourth-order valence-electron chi connectivity index (χ4n) is 2.09. The van der Waals surface area contributed by atoms with Crippen LogP contribution in [0.2, 0.25) is 0 Å². The second kappa shape index (κ2) is 6.18. The lowest BCUT2D eigenvalue weighted by Gasteiger charge is -2.13. The number of carbonyl (C=O) groups excluding carboxylic acids is 2. The van der Waals surface area contributed by atoms with E-state index in [4.69, 9.17) is 0 Å². The van der Waals surface area contributed by atoms with Crippen LogP contribution in [-0.4, -0.2) is 47.6 Å². The number of hydrogen-bond acceptors (Lipinski definition) is 8. The first-order chi connectivity index (χ1) is 10.6. The highest BCUT2D eigenvalue weighted by Crippen LogP contribution is 2.20. The van der Waals surface area contributed by atoms with Gasteiger partial charge in [-0.2, -0.15) is 0 Å². The molecule has 1 aliphatic rings. The molecule has 22 heavy (non-hydrogen) atoms. The fourth-order valence-corrected chi connectivity index (χ4v) is 2.74. The number of nitrogens with zero attached hydrogens (tertiary/aromatic N) is 6. The van der Waals surface area contributed by atoms with Crippen LogP contribution in [-0.2, 0) is 18.3 Å². The highest BCUT2D eigenvalue weighted by molar-refractivity contribution is 7.99. The van der Waals surface area contributed by atoms with Crippen molar-refractivity contribution in [1.82, 2.24) is 30.2 Å². The van der Waals surface area contributed by atoms with Crippen molar-refractivity contribution in [3.05, 3.63) is 17.5 Å². The molecule has 2 heterocycles. The van der Waals surface area contributed by atoms with Gasteiger partial charge >= 0.3 is 0 Å². The van der Waals surface area contributed by atoms with Crippen LogP contribution >= 0.6 is 11.8 Å². The van der Waals surface area contributed by atoms with E-state index in [1.54, 1.807) is 7.05 Å². The molecule has 0 aliphatic heterocycles. The number of hydrogen-bond donors (Lipinski definition) is 1. The lowest BCUT2D eigenvalue weighted by molar-refractivity contribution is -0.113. The molecule has 2 aromatic rings. The molecule has 2 aromatic heterocycles. The summed E-state index contributed by atoms with van der Waals surface area (Å²) < 4.78 is 1.49. The molecule has 3 rings (SSSR count). The van der Waals surface area contributed by atoms with Gasteiger partial charge < -0.3 is 0 Å². The number of fused-ring (bicyclic) bond motifs is 1. The second-order valence-electron chi connectivity index (χ2n) is 4.75. The molecule has 0 unspecified atom stereocenters. The quantitative estimate of drug-likeness (QED) is 0.797. The Kier molecular flexibility index (Phi) is 4.09. The van der Waals surface area contributed by atoms with Gasteiger partial charge in [0.15, 0.2) is 5.78 Å². The van der Waals surface area contributed by atoms with E-state index < -0.39 is 0 Å². The summed E-state index contributed by atoms with van der Waals surface area (Å²) in [6, 6.07) is 0. The molecule has 114 valence electrons. The van der Waals surface area contributed by atoms with Gasteiger partial charge in [-0.25, -0.2) is 14.6 Å². The predicted molar refractivity (Wildman–Crippen MR) is 77.5 cm³/mol. The van der Waals surface area contributed by atoms with E-state index in [2.05, 4.69) is 30.8 Å². The maximum Gasteiger partial charge on any atom is 0.237 e. The number of Topliss-reactive ketones (excluding diaryl/α,β-unsaturated/α-hetero) is 1. The van der Waals surface area contributed by atoms with Gasteiger partial charge in [0.05, 0.1) is 17.0 Å². The highest BCUT2D eigenvalue weighted by Gasteiger charge is 2.19. The van der Waals surface area contributed by atoms with Gasteiger partial charge in [-0.3, -0.25) is 14.9 Å². The standard InChI is InChI=1S/C12H13N7O2S/c1-19-12(16-17-18-19)22-6-10(21)15-11-13-5-7-8(14-11)3-2-4-9(7)20/h5H,2-4,6H2,1H3,(H,13,14,15,21). The molecule has 0 radical (unpaired) electrons. The highest BCUT2D eigenvalue weighted by atomic mass is 32.2. The van der Waals surface area contributed by atoms with Crippen LogP contribution in [0, 0.1) is 0 Å². The van der Waals surface area contributed by atoms with Crippen LogP contribution in [0.25, 0.3) is 0 Å². The molecular formula is C12H13N7O2S. The molecule has 0 atom stereocenters. The van der Waals surface area contributed by atoms with Gasteiger partial charge in [0.1, 0.15) is 0 Å². The number of ketones is 1. The number of anilines is 1. The van der Waals surface area contributed by atoms with E-state index in [1.807, 2.05) is 0 Å². The normalized spacial score (nSPS) is 13.8. The molecule has 9 nitrogen and oxygen atoms in total. The molecule has 0 aromatic carbocycles. The molecular weight excluding hydrogens is 306 g/mol. The Bertz CT molecular complexity index is 730. The van der Waals surface area contributed by atoms with Crippen molar-refractivity contribution in [1.29, 1.82) is 0 Å². The molecule has 0 saturated heterocycles. The van der Waals surface area contributed by atoms with E-state index in [0.717, 1.165) is 12.8 Å². The average molecular weight is 319 g/mol. The van der Waals surface area contributed by atoms with Crippen LogP contribution in [0.5, 0.6) is 0 Å². The monoisotopic (exact) mass is 319 g/mol. The third-order valence-electron chi connectivity index (χ3n) is 3.15. The summed E-state index contributed by atoms with van der Waals surface area (Å²) >= 11 is 1.22. The van der Waals surface area contributed by atoms with Crippen molar-refractivity contribution < 1.29 is 9.59 Å². The van der Waals surface area contributed by atoms with Gasteiger partial charge in [-0.15, -0.1) is 5.10 Å². The first-order valence-corrected chi connectivity index (χ1v) is 7.66. The Morgan fingerprint density at radius 3 is 3.09 bits per heavy atom. The first-order valence-electron chi connectivity index (χ1n) is 6.67. The predicted octanol–water partition coefficient (Wildman–Crippen LogP) is 0.250. The topological polar surface area (TPSA) is 116 Å². The van der Waals surface area contributed by atoms with Crippen LogP contribution in [0.3, 0.4) is 0 Å². The molecule has 0 saturated carbocycles. The summed E-state index contributed by atoms with van der Waals surface area (Å²) in [5, 5.41) is 14.1. The van der Waals surface area contributed by atoms with Gasteiger partial charge in [-0.1, -0.05) is 11.8 Å². The second-order valence-corrected chi connectivity index (χ2v) is 5.70. The lowest BCUT2D eigenvalue weighted by atomic mass is 9.96. The zero-order chi connectivity index (χ0) is 15.5. The summed E-state index contributed by atoms with van der Waals surface area (Å²) in [7, 11) is 1.70. The molecule has 1 N–H and O–H groups in total. The molecule has 0 fully saturated rings. The third-order valence-corrected chi connectivity index (χ3v) is 4.16. The van der Waals surface area contributed by atoms with Crippen molar-refractivity contribution in [2.45, 2.75) is 24.4 Å². The Hall–Kier alpha value is -2.36. The number of nitrogens with one attached hydrogen (secondary N) is 1. The maximum absolute atomic E-state index is 11.9. The number of thioether (sulfide) groups is 1. The van der Waals surface area contributed by atoms with Crippen molar-refractivity contribution >= 4 is 29.4 Å². The van der Waals surface area contributed by atoms with Crippen molar-refractivity contribution in [2.24, 2.45) is 7.05 Å². The van der Waals surface area contributed by atoms with Gasteiger partial charge in [0, 0.05) is 19.7 Å². The van der Waals surface area contributed by atoms with E-state index >= 15 is 0 Å². The summed E-state index contributed by atoms with van der Waals surface area (Å²) in [6.45, 7) is 0. The van der Waals surface area contributed by atoms with Gasteiger partial charge in [0.2, 0.25) is 17.0 Å². The summed E-state index contributed by atoms with van der Waals surface area (Å²) in [5.41, 5.74) is 1.26. The Morgan fingerprint density at radius 2 is 2.32 bits per heavy atom. The van der Waals surface area contributed by atoms with E-state index in [9.17, 15) is 9.59 Å². The Morgan fingerprint density at radius 1 is 1.45 bits per heavy atom. The zero-order valence-electron chi connectivity index (χ0n) is 11.8. The van der Waals surface area contributed by atoms with Crippen molar-refractivity contribution in [3.63, 3.8) is 0 Å². The minimum Gasteiger partial charge on any atom is -0.294 e. The SMILES string of the molecule is Cn1nnnc1SCC(=O)Nc1ncc2c(n1)CCCC2=O. The van der Waals surface area contributed by atoms with E-state index in [-0.39, 0.29) is 23.4 Å². The van der Waals surface area contributed by atoms with Crippen molar-refractivity contribution in [2.75, 3.05) is 11.1 Å². The van der Waals surface area contributed by atoms with Gasteiger partial charge in [-0.05, 0) is 23.3 Å². The minimum atomic E-state index is -0.255. The van der Waals surface area contributed by atoms with Crippen LogP contribution < -0.4 is 5.32 Å². The van der Waals surface area contributed by atoms with Crippen LogP contribution in [0.15, 0.2) is 11.4 Å². The molecule has 0 spiro atoms. The average Bonchev–Trinajstić information content (AvgIpc) is 2.91. The lowest BCUT2D eigenvalue weighted by Crippen LogP contribution is -2.19. The minimum absolute atomic E-state index is 0.0597. The third kappa shape index (κ3) is 3.11. The summed E-state index contributed by atoms with van der Waals surface area (Å²) in [6.07, 6.45) is 3.53. The summed E-state index contributed by atoms with van der Waals surface area (Å²) in [4.78, 5) is 31.9. The fraction of sp³-hybridized carbons (Fsp3) is 0.417. The molecule has 10 heteroatoms. The van der Waals surface area contributed by atoms with Crippen molar-refractivity contribution in [3.8, 4) is 0 Å². The molecule has 0 bridgehead atoms. The van der Waals surface area contributed by atoms with Crippen LogP contribution in [0.1, 0.15) is 28.9 Å². The summed E-state index contributed by atoms with van der Waals surface area (Å²) in [5.74, 6) is 0.169. The number of tetrazole rings is 1. The first kappa shape index (κ1) is 14.6. The Labute approximate surface area is 129 Å². The molecule has 1 aliphatic carbocycles. The number of rotatable bonds is 4.